The maximum absolute atomic E-state index is 11.6. The molecule has 2 atom stereocenters. The van der Waals surface area contributed by atoms with E-state index in [4.69, 9.17) is 0 Å². The first kappa shape index (κ1) is 9.69. The van der Waals surface area contributed by atoms with Gasteiger partial charge in [0.2, 0.25) is 5.91 Å². The highest BCUT2D eigenvalue weighted by Crippen LogP contribution is 2.55. The molecule has 0 spiro atoms. The molecule has 0 aromatic rings. The lowest BCUT2D eigenvalue weighted by atomic mass is 10.0. The van der Waals surface area contributed by atoms with Gasteiger partial charge in [-0.25, -0.2) is 0 Å². The number of hydrogen-bond donors (Lipinski definition) is 1. The molecular formula is C11H17NO2. The van der Waals surface area contributed by atoms with Crippen LogP contribution >= 0.6 is 0 Å². The fourth-order valence-corrected chi connectivity index (χ4v) is 2.71. The molecule has 2 rings (SSSR count). The number of hydrogen-bond acceptors (Lipinski definition) is 2. The predicted octanol–water partition coefficient (Wildman–Crippen LogP) is 1.13. The lowest BCUT2D eigenvalue weighted by molar-refractivity contribution is -0.125. The first-order valence-electron chi connectivity index (χ1n) is 5.47. The van der Waals surface area contributed by atoms with Gasteiger partial charge in [-0.3, -0.25) is 9.59 Å². The number of Topliss-reactive ketones (excluding diaryl/α,β-unsaturated/α-hetero) is 1. The summed E-state index contributed by atoms with van der Waals surface area (Å²) in [6.07, 6.45) is 4.97. The minimum absolute atomic E-state index is 0.0296. The van der Waals surface area contributed by atoms with Gasteiger partial charge in [-0.05, 0) is 31.6 Å². The number of carbonyl (C=O) groups is 2. The largest absolute Gasteiger partial charge is 0.349 e. The van der Waals surface area contributed by atoms with E-state index in [-0.39, 0.29) is 24.2 Å². The molecule has 2 unspecified atom stereocenters. The maximum atomic E-state index is 11.6. The highest BCUT2D eigenvalue weighted by atomic mass is 16.2. The highest BCUT2D eigenvalue weighted by molar-refractivity contribution is 5.87. The van der Waals surface area contributed by atoms with Crippen molar-refractivity contribution in [1.29, 1.82) is 0 Å². The summed E-state index contributed by atoms with van der Waals surface area (Å²) < 4.78 is 0. The molecule has 0 bridgehead atoms. The minimum Gasteiger partial charge on any atom is -0.349 e. The summed E-state index contributed by atoms with van der Waals surface area (Å²) in [5.74, 6) is 1.64. The van der Waals surface area contributed by atoms with E-state index in [1.54, 1.807) is 0 Å². The second-order valence-electron chi connectivity index (χ2n) is 4.56. The standard InChI is InChI=1S/C11H17NO2/c1-7(13)6-12-11(14)10-8-4-2-3-5-9(8)10/h8-10H,2-6H2,1H3,(H,12,14). The van der Waals surface area contributed by atoms with E-state index in [9.17, 15) is 9.59 Å². The summed E-state index contributed by atoms with van der Waals surface area (Å²) in [5, 5.41) is 2.71. The smallest absolute Gasteiger partial charge is 0.224 e. The van der Waals surface area contributed by atoms with Gasteiger partial charge in [0.15, 0.2) is 0 Å². The van der Waals surface area contributed by atoms with Crippen molar-refractivity contribution in [2.45, 2.75) is 32.6 Å². The molecular weight excluding hydrogens is 178 g/mol. The molecule has 1 N–H and O–H groups in total. The molecule has 2 saturated carbocycles. The molecule has 14 heavy (non-hydrogen) atoms. The lowest BCUT2D eigenvalue weighted by Crippen LogP contribution is -2.30. The molecule has 2 fully saturated rings. The Morgan fingerprint density at radius 3 is 2.29 bits per heavy atom. The van der Waals surface area contributed by atoms with Crippen LogP contribution in [-0.4, -0.2) is 18.2 Å². The van der Waals surface area contributed by atoms with Crippen LogP contribution in [0.4, 0.5) is 0 Å². The van der Waals surface area contributed by atoms with Gasteiger partial charge in [0.05, 0.1) is 6.54 Å². The maximum Gasteiger partial charge on any atom is 0.224 e. The van der Waals surface area contributed by atoms with Crippen molar-refractivity contribution >= 4 is 11.7 Å². The molecule has 0 heterocycles. The summed E-state index contributed by atoms with van der Waals surface area (Å²) >= 11 is 0. The Morgan fingerprint density at radius 2 is 1.79 bits per heavy atom. The second-order valence-corrected chi connectivity index (χ2v) is 4.56. The number of ketones is 1. The second kappa shape index (κ2) is 3.71. The SMILES string of the molecule is CC(=O)CNC(=O)C1C2CCCCC21. The molecule has 0 aliphatic heterocycles. The van der Waals surface area contributed by atoms with Crippen LogP contribution in [0, 0.1) is 17.8 Å². The normalized spacial score (nSPS) is 34.5. The summed E-state index contributed by atoms with van der Waals surface area (Å²) in [6.45, 7) is 1.70. The Labute approximate surface area is 84.2 Å². The molecule has 2 aliphatic carbocycles. The van der Waals surface area contributed by atoms with Crippen LogP contribution in [0.25, 0.3) is 0 Å². The van der Waals surface area contributed by atoms with Crippen molar-refractivity contribution in [3.05, 3.63) is 0 Å². The summed E-state index contributed by atoms with van der Waals surface area (Å²) in [4.78, 5) is 22.3. The lowest BCUT2D eigenvalue weighted by Gasteiger charge is -2.04. The van der Waals surface area contributed by atoms with Crippen molar-refractivity contribution in [3.63, 3.8) is 0 Å². The van der Waals surface area contributed by atoms with Crippen LogP contribution < -0.4 is 5.32 Å². The van der Waals surface area contributed by atoms with E-state index in [0.717, 1.165) is 0 Å². The van der Waals surface area contributed by atoms with E-state index in [1.807, 2.05) is 0 Å². The van der Waals surface area contributed by atoms with E-state index in [1.165, 1.54) is 32.6 Å². The average Bonchev–Trinajstić information content (AvgIpc) is 2.88. The Balaban J connectivity index is 1.79. The molecule has 0 radical (unpaired) electrons. The zero-order chi connectivity index (χ0) is 10.1. The zero-order valence-corrected chi connectivity index (χ0v) is 8.58. The van der Waals surface area contributed by atoms with Gasteiger partial charge < -0.3 is 5.32 Å². The van der Waals surface area contributed by atoms with Gasteiger partial charge in [-0.2, -0.15) is 0 Å². The monoisotopic (exact) mass is 195 g/mol. The third kappa shape index (κ3) is 1.81. The molecule has 0 aromatic carbocycles. The molecule has 3 heteroatoms. The van der Waals surface area contributed by atoms with Crippen LogP contribution in [0.5, 0.6) is 0 Å². The molecule has 0 aromatic heterocycles. The molecule has 78 valence electrons. The third-order valence-corrected chi connectivity index (χ3v) is 3.47. The van der Waals surface area contributed by atoms with Crippen molar-refractivity contribution in [1.82, 2.24) is 5.32 Å². The van der Waals surface area contributed by atoms with Crippen LogP contribution in [0.1, 0.15) is 32.6 Å². The van der Waals surface area contributed by atoms with E-state index < -0.39 is 0 Å². The van der Waals surface area contributed by atoms with Crippen molar-refractivity contribution in [3.8, 4) is 0 Å². The van der Waals surface area contributed by atoms with Gasteiger partial charge in [0.25, 0.3) is 0 Å². The molecule has 3 nitrogen and oxygen atoms in total. The number of rotatable bonds is 3. The third-order valence-electron chi connectivity index (χ3n) is 3.47. The predicted molar refractivity (Wildman–Crippen MR) is 52.6 cm³/mol. The van der Waals surface area contributed by atoms with Crippen molar-refractivity contribution < 1.29 is 9.59 Å². The summed E-state index contributed by atoms with van der Waals surface area (Å²) in [5.41, 5.74) is 0. The fraction of sp³-hybridized carbons (Fsp3) is 0.818. The summed E-state index contributed by atoms with van der Waals surface area (Å²) in [6, 6.07) is 0. The van der Waals surface area contributed by atoms with Crippen LogP contribution in [0.2, 0.25) is 0 Å². The van der Waals surface area contributed by atoms with Gasteiger partial charge >= 0.3 is 0 Å². The number of amides is 1. The Morgan fingerprint density at radius 1 is 1.21 bits per heavy atom. The minimum atomic E-state index is 0.0296. The Hall–Kier alpha value is -0.860. The number of nitrogens with one attached hydrogen (secondary N) is 1. The fourth-order valence-electron chi connectivity index (χ4n) is 2.71. The van der Waals surface area contributed by atoms with Gasteiger partial charge in [0.1, 0.15) is 5.78 Å². The van der Waals surface area contributed by atoms with Crippen molar-refractivity contribution in [2.24, 2.45) is 17.8 Å². The van der Waals surface area contributed by atoms with Crippen LogP contribution in [0.3, 0.4) is 0 Å². The van der Waals surface area contributed by atoms with E-state index in [2.05, 4.69) is 5.32 Å². The van der Waals surface area contributed by atoms with Gasteiger partial charge in [-0.1, -0.05) is 12.8 Å². The van der Waals surface area contributed by atoms with E-state index in [0.29, 0.717) is 11.8 Å². The van der Waals surface area contributed by atoms with Crippen LogP contribution in [-0.2, 0) is 9.59 Å². The average molecular weight is 195 g/mol. The molecule has 1 amide bonds. The van der Waals surface area contributed by atoms with Crippen molar-refractivity contribution in [2.75, 3.05) is 6.54 Å². The quantitative estimate of drug-likeness (QED) is 0.733. The Kier molecular flexibility index (Phi) is 2.57. The topological polar surface area (TPSA) is 46.2 Å². The van der Waals surface area contributed by atoms with E-state index >= 15 is 0 Å². The van der Waals surface area contributed by atoms with Gasteiger partial charge in [-0.15, -0.1) is 0 Å². The van der Waals surface area contributed by atoms with Gasteiger partial charge in [0, 0.05) is 5.92 Å². The Bertz CT molecular complexity index is 250. The highest BCUT2D eigenvalue weighted by Gasteiger charge is 2.54. The zero-order valence-electron chi connectivity index (χ0n) is 8.58. The summed E-state index contributed by atoms with van der Waals surface area (Å²) in [7, 11) is 0. The number of fused-ring (bicyclic) bond motifs is 1. The molecule has 2 aliphatic rings. The first-order chi connectivity index (χ1) is 6.70. The molecule has 0 saturated heterocycles. The first-order valence-corrected chi connectivity index (χ1v) is 5.47. The van der Waals surface area contributed by atoms with Crippen LogP contribution in [0.15, 0.2) is 0 Å². The number of carbonyl (C=O) groups excluding carboxylic acids is 2.